The first-order valence-corrected chi connectivity index (χ1v) is 9.22. The van der Waals surface area contributed by atoms with Crippen LogP contribution < -0.4 is 5.76 Å². The maximum atomic E-state index is 13.0. The minimum atomic E-state index is -0.676. The highest BCUT2D eigenvalue weighted by molar-refractivity contribution is 5.76. The van der Waals surface area contributed by atoms with E-state index in [0.717, 1.165) is 30.1 Å². The summed E-state index contributed by atoms with van der Waals surface area (Å²) in [7, 11) is 0. The van der Waals surface area contributed by atoms with Crippen LogP contribution in [0.2, 0.25) is 0 Å². The molecular weight excluding hydrogens is 337 g/mol. The summed E-state index contributed by atoms with van der Waals surface area (Å²) in [5, 5.41) is 4.09. The molecule has 1 saturated heterocycles. The third kappa shape index (κ3) is 3.43. The molecule has 1 amide bonds. The number of rotatable bonds is 3. The van der Waals surface area contributed by atoms with Crippen molar-refractivity contribution in [1.29, 1.82) is 0 Å². The molecule has 138 valence electrons. The number of likely N-dealkylation sites (tertiary alicyclic amines) is 1. The van der Waals surface area contributed by atoms with Crippen molar-refractivity contribution in [2.45, 2.75) is 38.6 Å². The Balaban J connectivity index is 1.44. The smallest absolute Gasteiger partial charge is 0.388 e. The van der Waals surface area contributed by atoms with Crippen molar-refractivity contribution >= 4 is 5.91 Å². The summed E-state index contributed by atoms with van der Waals surface area (Å²) in [5.41, 5.74) is 0.498. The molecule has 2 atom stereocenters. The number of nitrogens with zero attached hydrogens (tertiary/aromatic N) is 3. The second kappa shape index (κ2) is 7.05. The van der Waals surface area contributed by atoms with E-state index in [1.165, 1.54) is 49.9 Å². The lowest BCUT2D eigenvalue weighted by Gasteiger charge is -2.41. The van der Waals surface area contributed by atoms with E-state index in [0.29, 0.717) is 11.5 Å². The molecule has 0 spiro atoms. The van der Waals surface area contributed by atoms with Crippen LogP contribution in [-0.4, -0.2) is 33.7 Å². The first-order chi connectivity index (χ1) is 12.6. The Hall–Kier alpha value is -2.44. The molecule has 0 bridgehead atoms. The number of carbonyl (C=O) groups is 1. The maximum absolute atomic E-state index is 13.0. The fourth-order valence-corrected chi connectivity index (χ4v) is 4.17. The Labute approximate surface area is 150 Å². The molecule has 26 heavy (non-hydrogen) atoms. The summed E-state index contributed by atoms with van der Waals surface area (Å²) < 4.78 is 19.2. The van der Waals surface area contributed by atoms with Gasteiger partial charge in [0, 0.05) is 18.7 Å². The Bertz CT molecular complexity index is 842. The molecule has 2 aliphatic rings. The second-order valence-electron chi connectivity index (χ2n) is 7.27. The fourth-order valence-electron chi connectivity index (χ4n) is 4.17. The van der Waals surface area contributed by atoms with Gasteiger partial charge < -0.3 is 9.32 Å². The Morgan fingerprint density at radius 3 is 2.65 bits per heavy atom. The van der Waals surface area contributed by atoms with Gasteiger partial charge in [0.05, 0.1) is 0 Å². The zero-order chi connectivity index (χ0) is 18.1. The molecule has 1 aromatic carbocycles. The lowest BCUT2D eigenvalue weighted by Crippen LogP contribution is -2.46. The lowest BCUT2D eigenvalue weighted by atomic mass is 9.75. The van der Waals surface area contributed by atoms with Crippen molar-refractivity contribution in [3.8, 4) is 11.5 Å². The van der Waals surface area contributed by atoms with Crippen molar-refractivity contribution < 1.29 is 13.6 Å². The second-order valence-corrected chi connectivity index (χ2v) is 7.27. The van der Waals surface area contributed by atoms with E-state index >= 15 is 0 Å². The number of benzene rings is 1. The van der Waals surface area contributed by atoms with Gasteiger partial charge in [-0.25, -0.2) is 9.18 Å². The van der Waals surface area contributed by atoms with Crippen LogP contribution in [0.1, 0.15) is 32.1 Å². The van der Waals surface area contributed by atoms with Gasteiger partial charge in [-0.1, -0.05) is 19.3 Å². The van der Waals surface area contributed by atoms with Gasteiger partial charge in [0.25, 0.3) is 0 Å². The van der Waals surface area contributed by atoms with Gasteiger partial charge in [-0.05, 0) is 48.9 Å². The van der Waals surface area contributed by atoms with E-state index in [-0.39, 0.29) is 24.2 Å². The van der Waals surface area contributed by atoms with Crippen LogP contribution in [0.5, 0.6) is 0 Å². The Morgan fingerprint density at radius 1 is 1.15 bits per heavy atom. The minimum Gasteiger partial charge on any atom is -0.388 e. The van der Waals surface area contributed by atoms with Crippen LogP contribution in [-0.2, 0) is 11.3 Å². The molecule has 0 unspecified atom stereocenters. The first kappa shape index (κ1) is 17.0. The summed E-state index contributed by atoms with van der Waals surface area (Å²) in [6, 6.07) is 5.52. The molecule has 2 heterocycles. The van der Waals surface area contributed by atoms with Gasteiger partial charge in [-0.2, -0.15) is 4.68 Å². The van der Waals surface area contributed by atoms with E-state index < -0.39 is 5.76 Å². The molecule has 1 aromatic heterocycles. The molecule has 1 aliphatic heterocycles. The summed E-state index contributed by atoms with van der Waals surface area (Å²) in [6.45, 7) is 1.40. The zero-order valence-electron chi connectivity index (χ0n) is 14.6. The predicted molar refractivity (Wildman–Crippen MR) is 92.8 cm³/mol. The lowest BCUT2D eigenvalue weighted by molar-refractivity contribution is -0.135. The van der Waals surface area contributed by atoms with Crippen LogP contribution >= 0.6 is 0 Å². The highest BCUT2D eigenvalue weighted by Crippen LogP contribution is 2.36. The van der Waals surface area contributed by atoms with Crippen LogP contribution in [0.15, 0.2) is 33.5 Å². The minimum absolute atomic E-state index is 0.0915. The van der Waals surface area contributed by atoms with Crippen LogP contribution in [0, 0.1) is 17.7 Å². The maximum Gasteiger partial charge on any atom is 0.437 e. The van der Waals surface area contributed by atoms with E-state index in [4.69, 9.17) is 4.42 Å². The number of hydrogen-bond acceptors (Lipinski definition) is 4. The Kier molecular flexibility index (Phi) is 4.61. The molecule has 6 nitrogen and oxygen atoms in total. The third-order valence-corrected chi connectivity index (χ3v) is 5.63. The van der Waals surface area contributed by atoms with Crippen LogP contribution in [0.3, 0.4) is 0 Å². The average Bonchev–Trinajstić information content (AvgIpc) is 3.02. The SMILES string of the molecule is O=C(Cn1nc(-c2ccc(F)cc2)oc1=O)N1CC[C@@H]2CCCC[C@@H]2C1. The van der Waals surface area contributed by atoms with Crippen molar-refractivity contribution in [1.82, 2.24) is 14.7 Å². The topological polar surface area (TPSA) is 68.3 Å². The number of carbonyl (C=O) groups excluding carboxylic acids is 1. The number of hydrogen-bond donors (Lipinski definition) is 0. The fraction of sp³-hybridized carbons (Fsp3) is 0.526. The summed E-state index contributed by atoms with van der Waals surface area (Å²) >= 11 is 0. The largest absolute Gasteiger partial charge is 0.437 e. The van der Waals surface area contributed by atoms with Crippen molar-refractivity contribution in [3.05, 3.63) is 40.6 Å². The van der Waals surface area contributed by atoms with Gasteiger partial charge in [-0.3, -0.25) is 4.79 Å². The van der Waals surface area contributed by atoms with Gasteiger partial charge >= 0.3 is 5.76 Å². The van der Waals surface area contributed by atoms with Gasteiger partial charge in [-0.15, -0.1) is 5.10 Å². The third-order valence-electron chi connectivity index (χ3n) is 5.63. The first-order valence-electron chi connectivity index (χ1n) is 9.22. The molecular formula is C19H22FN3O3. The van der Waals surface area contributed by atoms with Crippen LogP contribution in [0.25, 0.3) is 11.5 Å². The molecule has 2 fully saturated rings. The molecule has 4 rings (SSSR count). The molecule has 1 aliphatic carbocycles. The van der Waals surface area contributed by atoms with Gasteiger partial charge in [0.1, 0.15) is 12.4 Å². The van der Waals surface area contributed by atoms with Crippen molar-refractivity contribution in [2.75, 3.05) is 13.1 Å². The summed E-state index contributed by atoms with van der Waals surface area (Å²) in [5.74, 6) is 0.267. The standard InChI is InChI=1S/C19H22FN3O3/c20-16-7-5-14(6-8-16)18-21-23(19(25)26-18)12-17(24)22-10-9-13-3-1-2-4-15(13)11-22/h5-8,13,15H,1-4,9-12H2/t13-,15+/m0/s1. The number of piperidine rings is 1. The van der Waals surface area contributed by atoms with E-state index in [9.17, 15) is 14.0 Å². The highest BCUT2D eigenvalue weighted by atomic mass is 19.1. The molecule has 7 heteroatoms. The van der Waals surface area contributed by atoms with Crippen molar-refractivity contribution in [2.24, 2.45) is 11.8 Å². The molecule has 1 saturated carbocycles. The molecule has 0 radical (unpaired) electrons. The highest BCUT2D eigenvalue weighted by Gasteiger charge is 2.33. The number of aromatic nitrogens is 2. The van der Waals surface area contributed by atoms with E-state index in [2.05, 4.69) is 5.10 Å². The number of fused-ring (bicyclic) bond motifs is 1. The van der Waals surface area contributed by atoms with Gasteiger partial charge in [0.2, 0.25) is 11.8 Å². The quantitative estimate of drug-likeness (QED) is 0.845. The summed E-state index contributed by atoms with van der Waals surface area (Å²) in [6.07, 6.45) is 6.05. The number of halogens is 1. The average molecular weight is 359 g/mol. The summed E-state index contributed by atoms with van der Waals surface area (Å²) in [4.78, 5) is 26.5. The van der Waals surface area contributed by atoms with E-state index in [1.807, 2.05) is 4.90 Å². The van der Waals surface area contributed by atoms with Gasteiger partial charge in [0.15, 0.2) is 0 Å². The number of amides is 1. The van der Waals surface area contributed by atoms with E-state index in [1.54, 1.807) is 0 Å². The Morgan fingerprint density at radius 2 is 1.88 bits per heavy atom. The normalized spacial score (nSPS) is 22.9. The van der Waals surface area contributed by atoms with Crippen LogP contribution in [0.4, 0.5) is 4.39 Å². The monoisotopic (exact) mass is 359 g/mol. The molecule has 2 aromatic rings. The van der Waals surface area contributed by atoms with Crippen molar-refractivity contribution in [3.63, 3.8) is 0 Å². The zero-order valence-corrected chi connectivity index (χ0v) is 14.6. The predicted octanol–water partition coefficient (Wildman–Crippen LogP) is 2.68. The molecule has 0 N–H and O–H groups in total.